The SMILES string of the molecule is N#Cc1c(F)ccc([C@H](N2CCNCC2)C(F)(F)F)c1O. The van der Waals surface area contributed by atoms with Crippen molar-refractivity contribution in [3.05, 3.63) is 29.1 Å². The Hall–Kier alpha value is -1.85. The Morgan fingerprint density at radius 1 is 1.29 bits per heavy atom. The number of nitrogens with one attached hydrogen (secondary N) is 1. The van der Waals surface area contributed by atoms with Gasteiger partial charge in [0, 0.05) is 31.7 Å². The number of rotatable bonds is 2. The summed E-state index contributed by atoms with van der Waals surface area (Å²) in [5, 5.41) is 21.5. The lowest BCUT2D eigenvalue weighted by atomic mass is 9.99. The Morgan fingerprint density at radius 3 is 2.43 bits per heavy atom. The predicted octanol–water partition coefficient (Wildman–Crippen LogP) is 1.91. The summed E-state index contributed by atoms with van der Waals surface area (Å²) in [5.41, 5.74) is -1.26. The molecule has 1 saturated heterocycles. The van der Waals surface area contributed by atoms with Crippen LogP contribution in [0, 0.1) is 17.1 Å². The quantitative estimate of drug-likeness (QED) is 0.820. The van der Waals surface area contributed by atoms with E-state index in [-0.39, 0.29) is 13.1 Å². The first-order chi connectivity index (χ1) is 9.86. The highest BCUT2D eigenvalue weighted by Crippen LogP contribution is 2.42. The normalized spacial score (nSPS) is 18.2. The van der Waals surface area contributed by atoms with Gasteiger partial charge in [0.05, 0.1) is 0 Å². The molecule has 21 heavy (non-hydrogen) atoms. The molecular weight excluding hydrogens is 290 g/mol. The Morgan fingerprint density at radius 2 is 1.90 bits per heavy atom. The van der Waals surface area contributed by atoms with Crippen LogP contribution in [-0.4, -0.2) is 42.4 Å². The first-order valence-corrected chi connectivity index (χ1v) is 6.29. The van der Waals surface area contributed by atoms with Crippen LogP contribution in [0.1, 0.15) is 17.2 Å². The number of aromatic hydroxyl groups is 1. The standard InChI is InChI=1S/C13H13F4N3O/c14-10-2-1-8(11(21)9(10)7-18)12(13(15,16)17)20-5-3-19-4-6-20/h1-2,12,19,21H,3-6H2/t12-/m0/s1. The highest BCUT2D eigenvalue weighted by molar-refractivity contribution is 5.50. The van der Waals surface area contributed by atoms with Crippen molar-refractivity contribution in [3.63, 3.8) is 0 Å². The number of phenols is 1. The van der Waals surface area contributed by atoms with E-state index in [2.05, 4.69) is 5.32 Å². The smallest absolute Gasteiger partial charge is 0.408 e. The highest BCUT2D eigenvalue weighted by Gasteiger charge is 2.46. The Labute approximate surface area is 118 Å². The molecule has 1 aromatic rings. The molecule has 114 valence electrons. The topological polar surface area (TPSA) is 59.3 Å². The lowest BCUT2D eigenvalue weighted by Gasteiger charge is -2.36. The molecule has 0 amide bonds. The van der Waals surface area contributed by atoms with Gasteiger partial charge in [-0.3, -0.25) is 4.90 Å². The Balaban J connectivity index is 2.50. The maximum atomic E-state index is 13.4. The van der Waals surface area contributed by atoms with Gasteiger partial charge in [-0.15, -0.1) is 0 Å². The third-order valence-corrected chi connectivity index (χ3v) is 3.39. The van der Waals surface area contributed by atoms with Crippen molar-refractivity contribution in [2.75, 3.05) is 26.2 Å². The van der Waals surface area contributed by atoms with E-state index in [1.165, 1.54) is 6.07 Å². The fourth-order valence-electron chi connectivity index (χ4n) is 2.43. The molecule has 0 aliphatic carbocycles. The Kier molecular flexibility index (Phi) is 4.34. The van der Waals surface area contributed by atoms with E-state index in [1.54, 1.807) is 0 Å². The number of alkyl halides is 3. The van der Waals surface area contributed by atoms with Gasteiger partial charge in [0.25, 0.3) is 0 Å². The van der Waals surface area contributed by atoms with Crippen molar-refractivity contribution in [2.24, 2.45) is 0 Å². The molecule has 0 saturated carbocycles. The first-order valence-electron chi connectivity index (χ1n) is 6.29. The van der Waals surface area contributed by atoms with Gasteiger partial charge in [-0.05, 0) is 6.07 Å². The number of piperazine rings is 1. The molecule has 0 bridgehead atoms. The van der Waals surface area contributed by atoms with Crippen LogP contribution < -0.4 is 5.32 Å². The van der Waals surface area contributed by atoms with Crippen LogP contribution in [0.2, 0.25) is 0 Å². The van der Waals surface area contributed by atoms with Crippen molar-refractivity contribution in [2.45, 2.75) is 12.2 Å². The van der Waals surface area contributed by atoms with E-state index >= 15 is 0 Å². The number of hydrogen-bond donors (Lipinski definition) is 2. The van der Waals surface area contributed by atoms with Gasteiger partial charge < -0.3 is 10.4 Å². The van der Waals surface area contributed by atoms with Gasteiger partial charge in [-0.25, -0.2) is 4.39 Å². The summed E-state index contributed by atoms with van der Waals surface area (Å²) < 4.78 is 53.4. The second-order valence-corrected chi connectivity index (χ2v) is 4.70. The van der Waals surface area contributed by atoms with Crippen LogP contribution in [0.4, 0.5) is 17.6 Å². The zero-order valence-corrected chi connectivity index (χ0v) is 10.9. The van der Waals surface area contributed by atoms with Crippen LogP contribution in [0.25, 0.3) is 0 Å². The fraction of sp³-hybridized carbons (Fsp3) is 0.462. The van der Waals surface area contributed by atoms with E-state index in [0.717, 1.165) is 17.0 Å². The van der Waals surface area contributed by atoms with E-state index in [9.17, 15) is 22.7 Å². The van der Waals surface area contributed by atoms with Crippen molar-refractivity contribution in [3.8, 4) is 11.8 Å². The van der Waals surface area contributed by atoms with Crippen molar-refractivity contribution in [1.82, 2.24) is 10.2 Å². The van der Waals surface area contributed by atoms with E-state index in [1.807, 2.05) is 0 Å². The van der Waals surface area contributed by atoms with Gasteiger partial charge in [0.2, 0.25) is 0 Å². The maximum Gasteiger partial charge on any atom is 0.408 e. The minimum absolute atomic E-state index is 0.142. The average molecular weight is 303 g/mol. The van der Waals surface area contributed by atoms with Crippen LogP contribution >= 0.6 is 0 Å². The zero-order valence-electron chi connectivity index (χ0n) is 10.9. The molecule has 1 aliphatic heterocycles. The molecule has 0 radical (unpaired) electrons. The van der Waals surface area contributed by atoms with Gasteiger partial charge in [0.1, 0.15) is 29.2 Å². The summed E-state index contributed by atoms with van der Waals surface area (Å²) in [6.45, 7) is 1.06. The largest absolute Gasteiger partial charge is 0.506 e. The van der Waals surface area contributed by atoms with Gasteiger partial charge in [0.15, 0.2) is 0 Å². The lowest BCUT2D eigenvalue weighted by molar-refractivity contribution is -0.188. The van der Waals surface area contributed by atoms with Crippen LogP contribution in [0.15, 0.2) is 12.1 Å². The summed E-state index contributed by atoms with van der Waals surface area (Å²) in [5.74, 6) is -1.99. The van der Waals surface area contributed by atoms with Crippen LogP contribution in [-0.2, 0) is 0 Å². The van der Waals surface area contributed by atoms with Crippen molar-refractivity contribution < 1.29 is 22.7 Å². The maximum absolute atomic E-state index is 13.4. The third-order valence-electron chi connectivity index (χ3n) is 3.39. The molecule has 0 unspecified atom stereocenters. The molecule has 0 spiro atoms. The monoisotopic (exact) mass is 303 g/mol. The first kappa shape index (κ1) is 15.5. The second-order valence-electron chi connectivity index (χ2n) is 4.70. The van der Waals surface area contributed by atoms with Crippen LogP contribution in [0.3, 0.4) is 0 Å². The summed E-state index contributed by atoms with van der Waals surface area (Å²) in [7, 11) is 0. The molecule has 2 N–H and O–H groups in total. The third kappa shape index (κ3) is 3.09. The molecule has 1 fully saturated rings. The second kappa shape index (κ2) is 5.87. The minimum atomic E-state index is -4.64. The lowest BCUT2D eigenvalue weighted by Crippen LogP contribution is -2.49. The van der Waals surface area contributed by atoms with E-state index < -0.39 is 34.9 Å². The van der Waals surface area contributed by atoms with Crippen LogP contribution in [0.5, 0.6) is 5.75 Å². The van der Waals surface area contributed by atoms with E-state index in [4.69, 9.17) is 5.26 Å². The molecule has 1 atom stereocenters. The molecule has 4 nitrogen and oxygen atoms in total. The number of benzene rings is 1. The molecule has 2 rings (SSSR count). The summed E-state index contributed by atoms with van der Waals surface area (Å²) in [4.78, 5) is 1.16. The summed E-state index contributed by atoms with van der Waals surface area (Å²) in [6.07, 6.45) is -4.64. The average Bonchev–Trinajstić information content (AvgIpc) is 2.42. The number of nitriles is 1. The summed E-state index contributed by atoms with van der Waals surface area (Å²) >= 11 is 0. The number of nitrogens with zero attached hydrogens (tertiary/aromatic N) is 2. The molecular formula is C13H13F4N3O. The Bertz CT molecular complexity index is 562. The molecule has 1 heterocycles. The van der Waals surface area contributed by atoms with Crippen molar-refractivity contribution >= 4 is 0 Å². The predicted molar refractivity (Wildman–Crippen MR) is 66.0 cm³/mol. The fourth-order valence-corrected chi connectivity index (χ4v) is 2.43. The molecule has 0 aromatic heterocycles. The summed E-state index contributed by atoms with van der Waals surface area (Å²) in [6, 6.07) is 0.980. The molecule has 8 heteroatoms. The van der Waals surface area contributed by atoms with Crippen molar-refractivity contribution in [1.29, 1.82) is 5.26 Å². The van der Waals surface area contributed by atoms with Gasteiger partial charge >= 0.3 is 6.18 Å². The zero-order chi connectivity index (χ0) is 15.6. The van der Waals surface area contributed by atoms with E-state index in [0.29, 0.717) is 13.1 Å². The number of hydrogen-bond acceptors (Lipinski definition) is 4. The minimum Gasteiger partial charge on any atom is -0.506 e. The number of phenolic OH excluding ortho intramolecular Hbond substituents is 1. The molecule has 1 aromatic carbocycles. The number of halogens is 4. The highest BCUT2D eigenvalue weighted by atomic mass is 19.4. The molecule has 1 aliphatic rings. The van der Waals surface area contributed by atoms with Gasteiger partial charge in [-0.2, -0.15) is 18.4 Å². The van der Waals surface area contributed by atoms with Gasteiger partial charge in [-0.1, -0.05) is 6.07 Å².